The van der Waals surface area contributed by atoms with E-state index in [0.717, 1.165) is 16.0 Å². The second-order valence-electron chi connectivity index (χ2n) is 5.31. The molecule has 2 heteroatoms. The van der Waals surface area contributed by atoms with Crippen LogP contribution in [0, 0.1) is 0 Å². The average molecular weight is 302 g/mol. The zero-order chi connectivity index (χ0) is 14.9. The lowest BCUT2D eigenvalue weighted by molar-refractivity contribution is 0.645. The first kappa shape index (κ1) is 13.5. The predicted octanol–water partition coefficient (Wildman–Crippen LogP) is 4.33. The van der Waals surface area contributed by atoms with E-state index in [1.165, 1.54) is 16.2 Å². The minimum atomic E-state index is -1.34. The predicted molar refractivity (Wildman–Crippen MR) is 96.3 cm³/mol. The maximum atomic E-state index is 10.9. The highest BCUT2D eigenvalue weighted by Gasteiger charge is 2.15. The van der Waals surface area contributed by atoms with Gasteiger partial charge >= 0.3 is 0 Å². The van der Waals surface area contributed by atoms with Crippen molar-refractivity contribution >= 4 is 40.3 Å². The smallest absolute Gasteiger partial charge is 0.0883 e. The number of rotatable bonds is 2. The molecule has 0 amide bonds. The molecule has 0 fully saturated rings. The molecule has 0 aliphatic rings. The fourth-order valence-corrected chi connectivity index (χ4v) is 4.34. The molecule has 0 saturated heterocycles. The van der Waals surface area contributed by atoms with Crippen LogP contribution in [0.25, 0.3) is 21.5 Å². The Morgan fingerprint density at radius 3 is 1.95 bits per heavy atom. The topological polar surface area (TPSA) is 20.2 Å². The quantitative estimate of drug-likeness (QED) is 0.431. The molecular weight excluding hydrogens is 287 g/mol. The Kier molecular flexibility index (Phi) is 3.38. The van der Waals surface area contributed by atoms with Crippen LogP contribution in [0.3, 0.4) is 0 Å². The van der Waals surface area contributed by atoms with Gasteiger partial charge in [0.2, 0.25) is 0 Å². The van der Waals surface area contributed by atoms with E-state index in [0.29, 0.717) is 0 Å². The molecule has 0 spiro atoms. The zero-order valence-electron chi connectivity index (χ0n) is 12.0. The molecule has 0 bridgehead atoms. The zero-order valence-corrected chi connectivity index (χ0v) is 12.9. The Morgan fingerprint density at radius 2 is 1.18 bits per heavy atom. The van der Waals surface area contributed by atoms with Gasteiger partial charge in [0.15, 0.2) is 0 Å². The van der Waals surface area contributed by atoms with E-state index in [2.05, 4.69) is 42.5 Å². The van der Waals surface area contributed by atoms with Gasteiger partial charge in [0.05, 0.1) is 8.15 Å². The number of hydrogen-bond donors (Lipinski definition) is 1. The van der Waals surface area contributed by atoms with Crippen LogP contribution in [-0.4, -0.2) is 4.89 Å². The van der Waals surface area contributed by atoms with Crippen molar-refractivity contribution in [2.24, 2.45) is 0 Å². The molecule has 1 nitrogen and oxygen atoms in total. The van der Waals surface area contributed by atoms with Crippen molar-refractivity contribution in [3.05, 3.63) is 84.9 Å². The van der Waals surface area contributed by atoms with Crippen LogP contribution in [-0.2, 0) is 0 Å². The Morgan fingerprint density at radius 1 is 0.591 bits per heavy atom. The summed E-state index contributed by atoms with van der Waals surface area (Å²) in [4.78, 5) is 10.9. The SMILES string of the molecule is OP(c1ccccc1)c1cc2ccccc2c2ccccc12. The van der Waals surface area contributed by atoms with Gasteiger partial charge in [0.1, 0.15) is 0 Å². The maximum Gasteiger partial charge on any atom is 0.0883 e. The molecule has 0 heterocycles. The summed E-state index contributed by atoms with van der Waals surface area (Å²) in [6, 6.07) is 28.7. The number of benzene rings is 4. The summed E-state index contributed by atoms with van der Waals surface area (Å²) in [5, 5.41) is 6.76. The van der Waals surface area contributed by atoms with Crippen LogP contribution in [0.4, 0.5) is 0 Å². The molecule has 0 aliphatic carbocycles. The molecule has 4 aromatic carbocycles. The first-order valence-corrected chi connectivity index (χ1v) is 8.58. The Balaban J connectivity index is 2.04. The number of fused-ring (bicyclic) bond motifs is 3. The van der Waals surface area contributed by atoms with Gasteiger partial charge in [-0.3, -0.25) is 0 Å². The van der Waals surface area contributed by atoms with Gasteiger partial charge in [-0.05, 0) is 27.6 Å². The van der Waals surface area contributed by atoms with E-state index in [1.54, 1.807) is 0 Å². The third kappa shape index (κ3) is 2.20. The summed E-state index contributed by atoms with van der Waals surface area (Å²) < 4.78 is 0. The summed E-state index contributed by atoms with van der Waals surface area (Å²) in [6.07, 6.45) is 0. The molecule has 1 N–H and O–H groups in total. The van der Waals surface area contributed by atoms with Gasteiger partial charge in [-0.1, -0.05) is 78.9 Å². The summed E-state index contributed by atoms with van der Waals surface area (Å²) in [6.45, 7) is 0. The van der Waals surface area contributed by atoms with Gasteiger partial charge in [0.25, 0.3) is 0 Å². The van der Waals surface area contributed by atoms with Crippen LogP contribution in [0.2, 0.25) is 0 Å². The van der Waals surface area contributed by atoms with Crippen molar-refractivity contribution in [3.8, 4) is 0 Å². The van der Waals surface area contributed by atoms with Crippen LogP contribution in [0.1, 0.15) is 0 Å². The molecule has 1 unspecified atom stereocenters. The van der Waals surface area contributed by atoms with E-state index >= 15 is 0 Å². The van der Waals surface area contributed by atoms with Crippen molar-refractivity contribution in [3.63, 3.8) is 0 Å². The van der Waals surface area contributed by atoms with Crippen molar-refractivity contribution < 1.29 is 4.89 Å². The highest BCUT2D eigenvalue weighted by molar-refractivity contribution is 7.68. The maximum absolute atomic E-state index is 10.9. The highest BCUT2D eigenvalue weighted by Crippen LogP contribution is 2.35. The number of hydrogen-bond acceptors (Lipinski definition) is 1. The normalized spacial score (nSPS) is 12.6. The van der Waals surface area contributed by atoms with E-state index in [1.807, 2.05) is 42.5 Å². The summed E-state index contributed by atoms with van der Waals surface area (Å²) in [5.74, 6) is 0. The lowest BCUT2D eigenvalue weighted by Gasteiger charge is -2.16. The Labute approximate surface area is 130 Å². The van der Waals surface area contributed by atoms with Crippen molar-refractivity contribution in [2.75, 3.05) is 0 Å². The first-order valence-electron chi connectivity index (χ1n) is 7.29. The molecular formula is C20H15OP. The summed E-state index contributed by atoms with van der Waals surface area (Å²) in [7, 11) is -1.34. The fraction of sp³-hybridized carbons (Fsp3) is 0. The molecule has 106 valence electrons. The molecule has 1 atom stereocenters. The lowest BCUT2D eigenvalue weighted by atomic mass is 10.0. The molecule has 4 rings (SSSR count). The molecule has 0 aromatic heterocycles. The average Bonchev–Trinajstić information content (AvgIpc) is 2.61. The van der Waals surface area contributed by atoms with Gasteiger partial charge in [0, 0.05) is 10.6 Å². The lowest BCUT2D eigenvalue weighted by Crippen LogP contribution is -2.12. The second kappa shape index (κ2) is 5.53. The van der Waals surface area contributed by atoms with Crippen LogP contribution < -0.4 is 10.6 Å². The highest BCUT2D eigenvalue weighted by atomic mass is 31.1. The van der Waals surface area contributed by atoms with Gasteiger partial charge in [-0.15, -0.1) is 0 Å². The van der Waals surface area contributed by atoms with Crippen molar-refractivity contribution in [2.45, 2.75) is 0 Å². The van der Waals surface area contributed by atoms with Crippen molar-refractivity contribution in [1.82, 2.24) is 0 Å². The van der Waals surface area contributed by atoms with E-state index in [9.17, 15) is 4.89 Å². The second-order valence-corrected chi connectivity index (χ2v) is 6.93. The fourth-order valence-electron chi connectivity index (χ4n) is 2.92. The first-order chi connectivity index (χ1) is 10.8. The van der Waals surface area contributed by atoms with Gasteiger partial charge in [-0.25, -0.2) is 0 Å². The Bertz CT molecular complexity index is 947. The Hall–Kier alpha value is -2.21. The molecule has 0 radical (unpaired) electrons. The third-order valence-electron chi connectivity index (χ3n) is 3.98. The van der Waals surface area contributed by atoms with Gasteiger partial charge in [-0.2, -0.15) is 0 Å². The molecule has 22 heavy (non-hydrogen) atoms. The van der Waals surface area contributed by atoms with Crippen LogP contribution in [0.5, 0.6) is 0 Å². The molecule has 4 aromatic rings. The van der Waals surface area contributed by atoms with Gasteiger partial charge < -0.3 is 4.89 Å². The largest absolute Gasteiger partial charge is 0.364 e. The van der Waals surface area contributed by atoms with Crippen LogP contribution in [0.15, 0.2) is 84.9 Å². The third-order valence-corrected chi connectivity index (χ3v) is 5.59. The standard InChI is InChI=1S/C20H15OP/c21-22(16-9-2-1-3-10-16)20-14-15-8-4-5-11-17(15)18-12-6-7-13-19(18)20/h1-14,21H. The summed E-state index contributed by atoms with van der Waals surface area (Å²) in [5.41, 5.74) is 0. The van der Waals surface area contributed by atoms with E-state index in [-0.39, 0.29) is 0 Å². The monoisotopic (exact) mass is 302 g/mol. The van der Waals surface area contributed by atoms with E-state index < -0.39 is 8.15 Å². The summed E-state index contributed by atoms with van der Waals surface area (Å²) >= 11 is 0. The molecule has 0 saturated carbocycles. The molecule has 0 aliphatic heterocycles. The minimum absolute atomic E-state index is 0.984. The minimum Gasteiger partial charge on any atom is -0.364 e. The van der Waals surface area contributed by atoms with E-state index in [4.69, 9.17) is 0 Å². The van der Waals surface area contributed by atoms with Crippen LogP contribution >= 0.6 is 8.15 Å². The van der Waals surface area contributed by atoms with Crippen molar-refractivity contribution in [1.29, 1.82) is 0 Å².